The first-order valence-corrected chi connectivity index (χ1v) is 9.93. The number of hydrogen-bond acceptors (Lipinski definition) is 4. The zero-order valence-corrected chi connectivity index (χ0v) is 15.4. The molecule has 1 heterocycles. The smallest absolute Gasteiger partial charge is 0.245 e. The van der Waals surface area contributed by atoms with Crippen LogP contribution >= 0.6 is 0 Å². The Labute approximate surface area is 159 Å². The van der Waals surface area contributed by atoms with Gasteiger partial charge in [-0.05, 0) is 17.7 Å². The summed E-state index contributed by atoms with van der Waals surface area (Å²) in [5, 5.41) is 13.0. The van der Waals surface area contributed by atoms with Gasteiger partial charge in [0.15, 0.2) is 15.5 Å². The quantitative estimate of drug-likeness (QED) is 0.653. The van der Waals surface area contributed by atoms with Crippen LogP contribution in [0.5, 0.6) is 0 Å². The van der Waals surface area contributed by atoms with E-state index in [-0.39, 0.29) is 16.2 Å². The van der Waals surface area contributed by atoms with E-state index in [2.05, 4.69) is 5.10 Å². The Hall–Kier alpha value is -3.12. The van der Waals surface area contributed by atoms with E-state index in [1.54, 1.807) is 24.3 Å². The fourth-order valence-electron chi connectivity index (χ4n) is 2.87. The molecular formula is C19H14F3N3O2S. The van der Waals surface area contributed by atoms with E-state index in [0.717, 1.165) is 6.26 Å². The van der Waals surface area contributed by atoms with Crippen LogP contribution in [0.3, 0.4) is 0 Å². The number of hydrogen-bond donors (Lipinski definition) is 0. The zero-order chi connectivity index (χ0) is 20.5. The van der Waals surface area contributed by atoms with Gasteiger partial charge in [-0.3, -0.25) is 0 Å². The third-order valence-corrected chi connectivity index (χ3v) is 5.19. The molecule has 0 aliphatic heterocycles. The highest BCUT2D eigenvalue weighted by atomic mass is 32.2. The van der Waals surface area contributed by atoms with Crippen LogP contribution in [0.2, 0.25) is 0 Å². The molecule has 0 saturated heterocycles. The maximum Gasteiger partial charge on any atom is 0.433 e. The molecule has 5 nitrogen and oxygen atoms in total. The Morgan fingerprint density at radius 3 is 2.14 bits per heavy atom. The number of alkyl halides is 3. The summed E-state index contributed by atoms with van der Waals surface area (Å²) in [6.45, 7) is -0.573. The summed E-state index contributed by atoms with van der Waals surface area (Å²) in [4.78, 5) is 0.0463. The molecule has 3 aromatic rings. The lowest BCUT2D eigenvalue weighted by Crippen LogP contribution is -2.15. The van der Waals surface area contributed by atoms with Gasteiger partial charge in [-0.1, -0.05) is 42.5 Å². The average molecular weight is 405 g/mol. The minimum Gasteiger partial charge on any atom is -0.245 e. The Balaban J connectivity index is 2.31. The van der Waals surface area contributed by atoms with Crippen molar-refractivity contribution in [2.45, 2.75) is 17.6 Å². The highest BCUT2D eigenvalue weighted by molar-refractivity contribution is 7.90. The Morgan fingerprint density at radius 2 is 1.64 bits per heavy atom. The molecule has 0 aliphatic carbocycles. The van der Waals surface area contributed by atoms with Crippen LogP contribution in [0.15, 0.2) is 59.5 Å². The van der Waals surface area contributed by atoms with E-state index in [4.69, 9.17) is 5.26 Å². The third-order valence-electron chi connectivity index (χ3n) is 4.06. The minimum atomic E-state index is -4.74. The van der Waals surface area contributed by atoms with Crippen molar-refractivity contribution in [2.24, 2.45) is 0 Å². The van der Waals surface area contributed by atoms with Gasteiger partial charge in [0.1, 0.15) is 12.2 Å². The second-order valence-corrected chi connectivity index (χ2v) is 8.06. The SMILES string of the molecule is CS(=O)(=O)c1ccc(-c2nn(CC#N)c(C(F)(F)F)c2-c2ccccc2)cc1. The highest BCUT2D eigenvalue weighted by Crippen LogP contribution is 2.42. The van der Waals surface area contributed by atoms with E-state index in [0.29, 0.717) is 15.8 Å². The van der Waals surface area contributed by atoms with Crippen molar-refractivity contribution < 1.29 is 21.6 Å². The van der Waals surface area contributed by atoms with Gasteiger partial charge in [0.05, 0.1) is 11.0 Å². The van der Waals surface area contributed by atoms with Crippen molar-refractivity contribution >= 4 is 9.84 Å². The van der Waals surface area contributed by atoms with Crippen LogP contribution in [0.4, 0.5) is 13.2 Å². The van der Waals surface area contributed by atoms with Crippen LogP contribution in [-0.2, 0) is 22.6 Å². The van der Waals surface area contributed by atoms with Crippen molar-refractivity contribution in [3.63, 3.8) is 0 Å². The van der Waals surface area contributed by atoms with E-state index in [1.165, 1.54) is 36.4 Å². The monoisotopic (exact) mass is 405 g/mol. The van der Waals surface area contributed by atoms with Crippen LogP contribution in [0.1, 0.15) is 5.69 Å². The molecule has 0 unspecified atom stereocenters. The largest absolute Gasteiger partial charge is 0.433 e. The summed E-state index contributed by atoms with van der Waals surface area (Å²) < 4.78 is 65.4. The Kier molecular flexibility index (Phi) is 5.00. The van der Waals surface area contributed by atoms with Gasteiger partial charge in [0.2, 0.25) is 0 Å². The first-order valence-electron chi connectivity index (χ1n) is 8.04. The second kappa shape index (κ2) is 7.13. The molecule has 0 atom stereocenters. The first kappa shape index (κ1) is 19.6. The molecule has 0 bridgehead atoms. The molecule has 2 aromatic carbocycles. The normalized spacial score (nSPS) is 12.0. The maximum absolute atomic E-state index is 13.8. The Morgan fingerprint density at radius 1 is 1.04 bits per heavy atom. The summed E-state index contributed by atoms with van der Waals surface area (Å²) in [6.07, 6.45) is -3.69. The van der Waals surface area contributed by atoms with Crippen LogP contribution in [-0.4, -0.2) is 24.5 Å². The predicted octanol–water partition coefficient (Wildman–Crippen LogP) is 4.16. The van der Waals surface area contributed by atoms with E-state index >= 15 is 0 Å². The number of rotatable bonds is 4. The molecular weight excluding hydrogens is 391 g/mol. The lowest BCUT2D eigenvalue weighted by Gasteiger charge is -2.11. The lowest BCUT2D eigenvalue weighted by molar-refractivity contribution is -0.143. The predicted molar refractivity (Wildman–Crippen MR) is 96.8 cm³/mol. The lowest BCUT2D eigenvalue weighted by atomic mass is 9.98. The molecule has 0 fully saturated rings. The molecule has 0 N–H and O–H groups in total. The van der Waals surface area contributed by atoms with Crippen molar-refractivity contribution in [1.29, 1.82) is 5.26 Å². The number of halogens is 3. The van der Waals surface area contributed by atoms with Gasteiger partial charge < -0.3 is 0 Å². The molecule has 0 radical (unpaired) electrons. The van der Waals surface area contributed by atoms with Gasteiger partial charge in [0.25, 0.3) is 0 Å². The van der Waals surface area contributed by atoms with Gasteiger partial charge >= 0.3 is 6.18 Å². The summed E-state index contributed by atoms with van der Waals surface area (Å²) in [5.41, 5.74) is -0.554. The van der Waals surface area contributed by atoms with Crippen LogP contribution in [0.25, 0.3) is 22.4 Å². The van der Waals surface area contributed by atoms with E-state index in [1.807, 2.05) is 0 Å². The van der Waals surface area contributed by atoms with Crippen molar-refractivity contribution in [2.75, 3.05) is 6.26 Å². The molecule has 9 heteroatoms. The number of nitriles is 1. The van der Waals surface area contributed by atoms with Crippen molar-refractivity contribution in [3.8, 4) is 28.5 Å². The zero-order valence-electron chi connectivity index (χ0n) is 14.6. The standard InChI is InChI=1S/C19H14F3N3O2S/c1-28(26,27)15-9-7-14(8-10-15)17-16(13-5-3-2-4-6-13)18(19(20,21)22)25(24-17)12-11-23/h2-10H,12H2,1H3. The second-order valence-electron chi connectivity index (χ2n) is 6.05. The average Bonchev–Trinajstić information content (AvgIpc) is 3.02. The maximum atomic E-state index is 13.8. The first-order chi connectivity index (χ1) is 13.1. The fraction of sp³-hybridized carbons (Fsp3) is 0.158. The van der Waals surface area contributed by atoms with Gasteiger partial charge in [-0.2, -0.15) is 23.5 Å². The summed E-state index contributed by atoms with van der Waals surface area (Å²) >= 11 is 0. The highest BCUT2D eigenvalue weighted by Gasteiger charge is 2.40. The molecule has 3 rings (SSSR count). The molecule has 0 spiro atoms. The van der Waals surface area contributed by atoms with E-state index < -0.39 is 28.3 Å². The molecule has 28 heavy (non-hydrogen) atoms. The Bertz CT molecular complexity index is 1140. The summed E-state index contributed by atoms with van der Waals surface area (Å²) in [6, 6.07) is 15.1. The third kappa shape index (κ3) is 3.77. The topological polar surface area (TPSA) is 75.8 Å². The van der Waals surface area contributed by atoms with E-state index in [9.17, 15) is 21.6 Å². The van der Waals surface area contributed by atoms with Gasteiger partial charge in [0, 0.05) is 17.4 Å². The summed E-state index contributed by atoms with van der Waals surface area (Å²) in [5.74, 6) is 0. The number of nitrogens with zero attached hydrogens (tertiary/aromatic N) is 3. The molecule has 0 aliphatic rings. The molecule has 0 amide bonds. The molecule has 144 valence electrons. The minimum absolute atomic E-state index is 0.0221. The van der Waals surface area contributed by atoms with Gasteiger partial charge in [-0.15, -0.1) is 0 Å². The number of sulfone groups is 1. The van der Waals surface area contributed by atoms with Crippen LogP contribution < -0.4 is 0 Å². The van der Waals surface area contributed by atoms with Gasteiger partial charge in [-0.25, -0.2) is 13.1 Å². The van der Waals surface area contributed by atoms with Crippen molar-refractivity contribution in [3.05, 3.63) is 60.3 Å². The number of aromatic nitrogens is 2. The fourth-order valence-corrected chi connectivity index (χ4v) is 3.50. The number of benzene rings is 2. The summed E-state index contributed by atoms with van der Waals surface area (Å²) in [7, 11) is -3.45. The molecule has 1 aromatic heterocycles. The molecule has 0 saturated carbocycles. The van der Waals surface area contributed by atoms with Crippen LogP contribution in [0, 0.1) is 11.3 Å². The van der Waals surface area contributed by atoms with Crippen molar-refractivity contribution in [1.82, 2.24) is 9.78 Å².